The summed E-state index contributed by atoms with van der Waals surface area (Å²) >= 11 is 0. The summed E-state index contributed by atoms with van der Waals surface area (Å²) in [5.41, 5.74) is 2.22. The fourth-order valence-electron chi connectivity index (χ4n) is 1.81. The van der Waals surface area contributed by atoms with E-state index < -0.39 is 0 Å². The van der Waals surface area contributed by atoms with E-state index in [0.29, 0.717) is 11.9 Å². The van der Waals surface area contributed by atoms with Crippen molar-refractivity contribution < 1.29 is 0 Å². The van der Waals surface area contributed by atoms with Crippen LogP contribution in [0.3, 0.4) is 0 Å². The molecule has 2 N–H and O–H groups in total. The summed E-state index contributed by atoms with van der Waals surface area (Å²) in [6.45, 7) is 4.01. The first-order valence-electron chi connectivity index (χ1n) is 6.04. The number of pyridine rings is 1. The van der Waals surface area contributed by atoms with Crippen LogP contribution in [0.1, 0.15) is 17.2 Å². The molecule has 0 atom stereocenters. The molecule has 0 aromatic carbocycles. The van der Waals surface area contributed by atoms with Crippen molar-refractivity contribution in [3.63, 3.8) is 0 Å². The summed E-state index contributed by atoms with van der Waals surface area (Å²) in [6, 6.07) is 5.91. The zero-order valence-electron chi connectivity index (χ0n) is 10.2. The quantitative estimate of drug-likeness (QED) is 0.854. The minimum absolute atomic E-state index is 0.513. The van der Waals surface area contributed by atoms with Gasteiger partial charge in [-0.05, 0) is 24.6 Å². The van der Waals surface area contributed by atoms with Crippen molar-refractivity contribution >= 4 is 11.8 Å². The van der Waals surface area contributed by atoms with Gasteiger partial charge >= 0.3 is 0 Å². The van der Waals surface area contributed by atoms with Crippen molar-refractivity contribution in [3.05, 3.63) is 41.9 Å². The Balaban J connectivity index is 1.77. The normalized spacial score (nSPS) is 15.2. The molecule has 5 heteroatoms. The summed E-state index contributed by atoms with van der Waals surface area (Å²) in [5.74, 6) is 1.89. The minimum Gasteiger partial charge on any atom is -0.315 e. The molecule has 0 unspecified atom stereocenters. The Labute approximate surface area is 106 Å². The first kappa shape index (κ1) is 11.1. The lowest BCUT2D eigenvalue weighted by Crippen LogP contribution is -2.40. The number of hydrogen-bond donors (Lipinski definition) is 2. The molecule has 1 fully saturated rings. The van der Waals surface area contributed by atoms with Crippen molar-refractivity contribution in [2.75, 3.05) is 18.4 Å². The third kappa shape index (κ3) is 2.31. The molecule has 0 bridgehead atoms. The molecule has 1 aliphatic rings. The van der Waals surface area contributed by atoms with Crippen LogP contribution in [0, 0.1) is 6.92 Å². The maximum absolute atomic E-state index is 4.51. The lowest BCUT2D eigenvalue weighted by atomic mass is 9.99. The molecule has 0 aliphatic carbocycles. The zero-order chi connectivity index (χ0) is 12.4. The highest BCUT2D eigenvalue weighted by Crippen LogP contribution is 2.19. The SMILES string of the molecule is Cc1ccc(Nc2nccc(C3CNC3)n2)nc1. The van der Waals surface area contributed by atoms with E-state index in [4.69, 9.17) is 0 Å². The highest BCUT2D eigenvalue weighted by atomic mass is 15.1. The van der Waals surface area contributed by atoms with Gasteiger partial charge in [-0.2, -0.15) is 0 Å². The average Bonchev–Trinajstić information content (AvgIpc) is 2.31. The van der Waals surface area contributed by atoms with Crippen LogP contribution in [-0.4, -0.2) is 28.0 Å². The molecule has 0 amide bonds. The molecule has 0 spiro atoms. The molecular formula is C13H15N5. The van der Waals surface area contributed by atoms with Gasteiger partial charge in [-0.1, -0.05) is 6.07 Å². The van der Waals surface area contributed by atoms with Crippen LogP contribution < -0.4 is 10.6 Å². The summed E-state index contributed by atoms with van der Waals surface area (Å²) < 4.78 is 0. The van der Waals surface area contributed by atoms with E-state index in [1.165, 1.54) is 0 Å². The number of anilines is 2. The molecule has 2 aromatic heterocycles. The van der Waals surface area contributed by atoms with Gasteiger partial charge in [0.05, 0.1) is 5.69 Å². The van der Waals surface area contributed by atoms with Gasteiger partial charge in [0.25, 0.3) is 0 Å². The number of nitrogens with zero attached hydrogens (tertiary/aromatic N) is 3. The van der Waals surface area contributed by atoms with Gasteiger partial charge in [0.15, 0.2) is 0 Å². The van der Waals surface area contributed by atoms with Gasteiger partial charge in [-0.25, -0.2) is 15.0 Å². The van der Waals surface area contributed by atoms with Crippen LogP contribution in [0.25, 0.3) is 0 Å². The Bertz CT molecular complexity index is 533. The Hall–Kier alpha value is -2.01. The van der Waals surface area contributed by atoms with Gasteiger partial charge in [0, 0.05) is 31.4 Å². The van der Waals surface area contributed by atoms with E-state index >= 15 is 0 Å². The first-order valence-corrected chi connectivity index (χ1v) is 6.04. The summed E-state index contributed by atoms with van der Waals surface area (Å²) in [5, 5.41) is 6.36. The smallest absolute Gasteiger partial charge is 0.228 e. The lowest BCUT2D eigenvalue weighted by Gasteiger charge is -2.26. The summed E-state index contributed by atoms with van der Waals surface area (Å²) in [4.78, 5) is 13.0. The van der Waals surface area contributed by atoms with Crippen LogP contribution >= 0.6 is 0 Å². The minimum atomic E-state index is 0.513. The second-order valence-electron chi connectivity index (χ2n) is 4.51. The van der Waals surface area contributed by atoms with Crippen molar-refractivity contribution in [2.24, 2.45) is 0 Å². The number of aromatic nitrogens is 3. The second-order valence-corrected chi connectivity index (χ2v) is 4.51. The van der Waals surface area contributed by atoms with E-state index in [9.17, 15) is 0 Å². The van der Waals surface area contributed by atoms with E-state index in [-0.39, 0.29) is 0 Å². The predicted molar refractivity (Wildman–Crippen MR) is 69.9 cm³/mol. The van der Waals surface area contributed by atoms with E-state index in [0.717, 1.165) is 30.2 Å². The average molecular weight is 241 g/mol. The van der Waals surface area contributed by atoms with E-state index in [2.05, 4.69) is 25.6 Å². The van der Waals surface area contributed by atoms with Crippen molar-refractivity contribution in [3.8, 4) is 0 Å². The lowest BCUT2D eigenvalue weighted by molar-refractivity contribution is 0.439. The molecule has 1 aliphatic heterocycles. The molecule has 18 heavy (non-hydrogen) atoms. The number of hydrogen-bond acceptors (Lipinski definition) is 5. The molecule has 5 nitrogen and oxygen atoms in total. The monoisotopic (exact) mass is 241 g/mol. The fraction of sp³-hybridized carbons (Fsp3) is 0.308. The Morgan fingerprint density at radius 3 is 2.78 bits per heavy atom. The molecular weight excluding hydrogens is 226 g/mol. The van der Waals surface area contributed by atoms with Crippen LogP contribution in [0.5, 0.6) is 0 Å². The first-order chi connectivity index (χ1) is 8.81. The topological polar surface area (TPSA) is 62.7 Å². The van der Waals surface area contributed by atoms with E-state index in [1.807, 2.05) is 31.3 Å². The van der Waals surface area contributed by atoms with E-state index in [1.54, 1.807) is 6.20 Å². The Morgan fingerprint density at radius 2 is 2.11 bits per heavy atom. The van der Waals surface area contributed by atoms with Crippen molar-refractivity contribution in [1.29, 1.82) is 0 Å². The van der Waals surface area contributed by atoms with Crippen molar-refractivity contribution in [2.45, 2.75) is 12.8 Å². The number of aryl methyl sites for hydroxylation is 1. The number of nitrogens with one attached hydrogen (secondary N) is 2. The Kier molecular flexibility index (Phi) is 2.90. The van der Waals surface area contributed by atoms with Gasteiger partial charge in [-0.3, -0.25) is 0 Å². The largest absolute Gasteiger partial charge is 0.315 e. The van der Waals surface area contributed by atoms with Crippen LogP contribution in [0.15, 0.2) is 30.6 Å². The van der Waals surface area contributed by atoms with Gasteiger partial charge in [0.2, 0.25) is 5.95 Å². The highest BCUT2D eigenvalue weighted by molar-refractivity contribution is 5.47. The van der Waals surface area contributed by atoms with Crippen molar-refractivity contribution in [1.82, 2.24) is 20.3 Å². The molecule has 3 rings (SSSR count). The summed E-state index contributed by atoms with van der Waals surface area (Å²) in [7, 11) is 0. The van der Waals surface area contributed by atoms with Gasteiger partial charge < -0.3 is 10.6 Å². The van der Waals surface area contributed by atoms with Crippen LogP contribution in [-0.2, 0) is 0 Å². The molecule has 2 aromatic rings. The molecule has 0 saturated carbocycles. The van der Waals surface area contributed by atoms with Crippen LogP contribution in [0.4, 0.5) is 11.8 Å². The third-order valence-electron chi connectivity index (χ3n) is 3.03. The standard InChI is InChI=1S/C13H15N5/c1-9-2-3-12(16-6-9)18-13-15-5-4-11(17-13)10-7-14-8-10/h2-6,10,14H,7-8H2,1H3,(H,15,16,17,18). The number of rotatable bonds is 3. The molecule has 1 saturated heterocycles. The fourth-order valence-corrected chi connectivity index (χ4v) is 1.81. The second kappa shape index (κ2) is 4.70. The third-order valence-corrected chi connectivity index (χ3v) is 3.03. The van der Waals surface area contributed by atoms with Gasteiger partial charge in [-0.15, -0.1) is 0 Å². The van der Waals surface area contributed by atoms with Gasteiger partial charge in [0.1, 0.15) is 5.82 Å². The maximum atomic E-state index is 4.51. The zero-order valence-corrected chi connectivity index (χ0v) is 10.2. The summed E-state index contributed by atoms with van der Waals surface area (Å²) in [6.07, 6.45) is 3.61. The predicted octanol–water partition coefficient (Wildman–Crippen LogP) is 1.61. The Morgan fingerprint density at radius 1 is 1.22 bits per heavy atom. The highest BCUT2D eigenvalue weighted by Gasteiger charge is 2.20. The maximum Gasteiger partial charge on any atom is 0.228 e. The molecule has 92 valence electrons. The molecule has 3 heterocycles. The van der Waals surface area contributed by atoms with Crippen LogP contribution in [0.2, 0.25) is 0 Å². The molecule has 0 radical (unpaired) electrons.